The molecule has 1 unspecified atom stereocenters. The van der Waals surface area contributed by atoms with Crippen molar-refractivity contribution >= 4 is 27.3 Å². The summed E-state index contributed by atoms with van der Waals surface area (Å²) in [6.45, 7) is 1.07. The summed E-state index contributed by atoms with van der Waals surface area (Å²) >= 11 is 1.20. The molecule has 0 bridgehead atoms. The van der Waals surface area contributed by atoms with Crippen LogP contribution in [0.3, 0.4) is 0 Å². The Hall–Kier alpha value is -1.90. The van der Waals surface area contributed by atoms with Crippen LogP contribution in [-0.2, 0) is 21.2 Å². The minimum atomic E-state index is -3.47. The van der Waals surface area contributed by atoms with Crippen LogP contribution in [0.25, 0.3) is 0 Å². The molecule has 0 saturated carbocycles. The number of ether oxygens (including phenoxy) is 1. The fraction of sp³-hybridized carbons (Fsp3) is 0.389. The molecule has 138 valence electrons. The third kappa shape index (κ3) is 3.49. The maximum atomic E-state index is 12.7. The number of nitrogens with one attached hydrogen (secondary N) is 1. The van der Waals surface area contributed by atoms with Crippen LogP contribution in [0.1, 0.15) is 18.4 Å². The van der Waals surface area contributed by atoms with Crippen molar-refractivity contribution in [2.75, 3.05) is 13.1 Å². The Balaban J connectivity index is 1.32. The molecule has 26 heavy (non-hydrogen) atoms. The van der Waals surface area contributed by atoms with E-state index in [0.717, 1.165) is 11.3 Å². The summed E-state index contributed by atoms with van der Waals surface area (Å²) in [4.78, 5) is 14.5. The number of benzene rings is 1. The number of fused-ring (bicyclic) bond motifs is 1. The maximum absolute atomic E-state index is 12.7. The van der Waals surface area contributed by atoms with Gasteiger partial charge in [0.25, 0.3) is 5.91 Å². The molecule has 1 aromatic heterocycles. The number of piperidine rings is 1. The quantitative estimate of drug-likeness (QED) is 0.864. The molecule has 1 N–H and O–H groups in total. The average molecular weight is 393 g/mol. The first kappa shape index (κ1) is 17.5. The van der Waals surface area contributed by atoms with Gasteiger partial charge < -0.3 is 9.64 Å². The van der Waals surface area contributed by atoms with E-state index in [0.29, 0.717) is 36.6 Å². The van der Waals surface area contributed by atoms with Crippen LogP contribution in [0.15, 0.2) is 46.0 Å². The molecule has 1 atom stereocenters. The fourth-order valence-corrected chi connectivity index (χ4v) is 5.75. The molecule has 1 amide bonds. The Morgan fingerprint density at radius 2 is 1.92 bits per heavy atom. The highest BCUT2D eigenvalue weighted by molar-refractivity contribution is 7.91. The molecule has 1 aromatic carbocycles. The van der Waals surface area contributed by atoms with Gasteiger partial charge in [-0.25, -0.2) is 13.1 Å². The number of rotatable bonds is 4. The SMILES string of the molecule is O=C(C1Cc2ccccc2O1)N1CCC(NS(=O)(=O)c2cccs2)CC1. The lowest BCUT2D eigenvalue weighted by atomic mass is 10.0. The Kier molecular flexibility index (Phi) is 4.73. The summed E-state index contributed by atoms with van der Waals surface area (Å²) < 4.78 is 33.5. The molecule has 1 fully saturated rings. The standard InChI is InChI=1S/C18H20N2O4S2/c21-18(16-12-13-4-1-2-5-15(13)24-16)20-9-7-14(8-10-20)19-26(22,23)17-6-3-11-25-17/h1-6,11,14,16,19H,7-10,12H2. The summed E-state index contributed by atoms with van der Waals surface area (Å²) in [5.41, 5.74) is 1.06. The Morgan fingerprint density at radius 1 is 1.15 bits per heavy atom. The van der Waals surface area contributed by atoms with Gasteiger partial charge in [-0.2, -0.15) is 0 Å². The molecule has 2 aliphatic rings. The van der Waals surface area contributed by atoms with Crippen molar-refractivity contribution < 1.29 is 17.9 Å². The van der Waals surface area contributed by atoms with Crippen LogP contribution in [0.2, 0.25) is 0 Å². The van der Waals surface area contributed by atoms with Crippen LogP contribution in [0, 0.1) is 0 Å². The van der Waals surface area contributed by atoms with Gasteiger partial charge in [0.2, 0.25) is 10.0 Å². The van der Waals surface area contributed by atoms with E-state index in [1.165, 1.54) is 11.3 Å². The zero-order chi connectivity index (χ0) is 18.1. The van der Waals surface area contributed by atoms with E-state index in [4.69, 9.17) is 4.74 Å². The van der Waals surface area contributed by atoms with Gasteiger partial charge in [0.1, 0.15) is 9.96 Å². The summed E-state index contributed by atoms with van der Waals surface area (Å²) in [5.74, 6) is 0.769. The van der Waals surface area contributed by atoms with Gasteiger partial charge >= 0.3 is 0 Å². The predicted octanol–water partition coefficient (Wildman–Crippen LogP) is 2.02. The molecule has 0 spiro atoms. The van der Waals surface area contributed by atoms with Crippen LogP contribution >= 0.6 is 11.3 Å². The number of likely N-dealkylation sites (tertiary alicyclic amines) is 1. The highest BCUT2D eigenvalue weighted by atomic mass is 32.2. The van der Waals surface area contributed by atoms with E-state index < -0.39 is 16.1 Å². The number of hydrogen-bond donors (Lipinski definition) is 1. The smallest absolute Gasteiger partial charge is 0.263 e. The second-order valence-corrected chi connectivity index (χ2v) is 9.46. The largest absolute Gasteiger partial charge is 0.480 e. The second kappa shape index (κ2) is 7.02. The second-order valence-electron chi connectivity index (χ2n) is 6.57. The van der Waals surface area contributed by atoms with Crippen LogP contribution < -0.4 is 9.46 Å². The lowest BCUT2D eigenvalue weighted by Gasteiger charge is -2.33. The normalized spacial score (nSPS) is 20.6. The lowest BCUT2D eigenvalue weighted by molar-refractivity contribution is -0.139. The number of carbonyl (C=O) groups is 1. The van der Waals surface area contributed by atoms with E-state index >= 15 is 0 Å². The lowest BCUT2D eigenvalue weighted by Crippen LogP contribution is -2.49. The number of sulfonamides is 1. The molecule has 0 aliphatic carbocycles. The van der Waals surface area contributed by atoms with E-state index in [9.17, 15) is 13.2 Å². The number of amides is 1. The summed E-state index contributed by atoms with van der Waals surface area (Å²) in [7, 11) is -3.47. The van der Waals surface area contributed by atoms with Crippen molar-refractivity contribution in [1.82, 2.24) is 9.62 Å². The van der Waals surface area contributed by atoms with Gasteiger partial charge in [0, 0.05) is 25.6 Å². The third-order valence-corrected chi connectivity index (χ3v) is 7.73. The predicted molar refractivity (Wildman–Crippen MR) is 98.8 cm³/mol. The molecule has 3 heterocycles. The van der Waals surface area contributed by atoms with Crippen molar-refractivity contribution in [3.8, 4) is 5.75 Å². The van der Waals surface area contributed by atoms with E-state index in [1.54, 1.807) is 22.4 Å². The highest BCUT2D eigenvalue weighted by Gasteiger charge is 2.34. The van der Waals surface area contributed by atoms with Gasteiger partial charge in [0.15, 0.2) is 6.10 Å². The number of thiophene rings is 1. The number of hydrogen-bond acceptors (Lipinski definition) is 5. The molecule has 4 rings (SSSR count). The minimum absolute atomic E-state index is 0.0132. The highest BCUT2D eigenvalue weighted by Crippen LogP contribution is 2.29. The van der Waals surface area contributed by atoms with Gasteiger partial charge in [-0.3, -0.25) is 4.79 Å². The van der Waals surface area contributed by atoms with E-state index in [1.807, 2.05) is 24.3 Å². The number of para-hydroxylation sites is 1. The zero-order valence-electron chi connectivity index (χ0n) is 14.1. The van der Waals surface area contributed by atoms with Gasteiger partial charge in [-0.1, -0.05) is 24.3 Å². The first-order valence-electron chi connectivity index (χ1n) is 8.62. The van der Waals surface area contributed by atoms with Gasteiger partial charge in [0.05, 0.1) is 0 Å². The van der Waals surface area contributed by atoms with Gasteiger partial charge in [-0.05, 0) is 35.9 Å². The first-order valence-corrected chi connectivity index (χ1v) is 11.0. The topological polar surface area (TPSA) is 75.7 Å². The number of carbonyl (C=O) groups excluding carboxylic acids is 1. The Labute approximate surface area is 156 Å². The Morgan fingerprint density at radius 3 is 2.62 bits per heavy atom. The Bertz CT molecular complexity index is 863. The molecule has 1 saturated heterocycles. The number of nitrogens with zero attached hydrogens (tertiary/aromatic N) is 1. The first-order chi connectivity index (χ1) is 12.5. The third-order valence-electron chi connectivity index (χ3n) is 4.81. The monoisotopic (exact) mass is 392 g/mol. The van der Waals surface area contributed by atoms with Gasteiger partial charge in [-0.15, -0.1) is 11.3 Å². The van der Waals surface area contributed by atoms with E-state index in [2.05, 4.69) is 4.72 Å². The van der Waals surface area contributed by atoms with Crippen LogP contribution in [0.4, 0.5) is 0 Å². The molecule has 2 aromatic rings. The fourth-order valence-electron chi connectivity index (χ4n) is 3.44. The molecule has 2 aliphatic heterocycles. The van der Waals surface area contributed by atoms with Crippen molar-refractivity contribution in [3.63, 3.8) is 0 Å². The van der Waals surface area contributed by atoms with Crippen molar-refractivity contribution in [1.29, 1.82) is 0 Å². The van der Waals surface area contributed by atoms with E-state index in [-0.39, 0.29) is 11.9 Å². The molecular formula is C18H20N2O4S2. The summed E-state index contributed by atoms with van der Waals surface area (Å²) in [5, 5.41) is 1.75. The summed E-state index contributed by atoms with van der Waals surface area (Å²) in [6.07, 6.45) is 1.35. The van der Waals surface area contributed by atoms with Crippen LogP contribution in [-0.4, -0.2) is 44.5 Å². The molecule has 6 nitrogen and oxygen atoms in total. The summed E-state index contributed by atoms with van der Waals surface area (Å²) in [6, 6.07) is 10.9. The van der Waals surface area contributed by atoms with Crippen molar-refractivity contribution in [3.05, 3.63) is 47.3 Å². The molecular weight excluding hydrogens is 372 g/mol. The molecule has 8 heteroatoms. The maximum Gasteiger partial charge on any atom is 0.263 e. The van der Waals surface area contributed by atoms with Crippen LogP contribution in [0.5, 0.6) is 5.75 Å². The molecule has 0 radical (unpaired) electrons. The zero-order valence-corrected chi connectivity index (χ0v) is 15.8. The minimum Gasteiger partial charge on any atom is -0.480 e. The van der Waals surface area contributed by atoms with Crippen molar-refractivity contribution in [2.24, 2.45) is 0 Å². The average Bonchev–Trinajstić information content (AvgIpc) is 3.31. The van der Waals surface area contributed by atoms with Crippen molar-refractivity contribution in [2.45, 2.75) is 35.6 Å².